The molecule has 0 atom stereocenters. The average Bonchev–Trinajstić information content (AvgIpc) is 3.03. The van der Waals surface area contributed by atoms with Crippen molar-refractivity contribution in [1.29, 1.82) is 0 Å². The van der Waals surface area contributed by atoms with E-state index in [4.69, 9.17) is 0 Å². The number of benzene rings is 2. The molecule has 0 bridgehead atoms. The standard InChI is InChI=1S/C19H19FN2OS/c1-13-6-7-16(10-14(13)2)18(23)22-9-8-21-19(22)24-12-15-4-3-5-17(20)11-15/h3-7,10-11H,8-9,12H2,1-2H3. The Morgan fingerprint density at radius 1 is 1.21 bits per heavy atom. The van der Waals surface area contributed by atoms with E-state index in [9.17, 15) is 9.18 Å². The molecule has 0 aliphatic carbocycles. The summed E-state index contributed by atoms with van der Waals surface area (Å²) in [5.41, 5.74) is 3.83. The first-order valence-electron chi connectivity index (χ1n) is 7.85. The van der Waals surface area contributed by atoms with Gasteiger partial charge in [0.05, 0.1) is 6.54 Å². The number of amidine groups is 1. The number of thioether (sulfide) groups is 1. The van der Waals surface area contributed by atoms with Gasteiger partial charge in [-0.05, 0) is 54.8 Å². The van der Waals surface area contributed by atoms with Gasteiger partial charge in [0.25, 0.3) is 5.91 Å². The zero-order valence-electron chi connectivity index (χ0n) is 13.8. The fraction of sp³-hybridized carbons (Fsp3) is 0.263. The number of nitrogens with zero attached hydrogens (tertiary/aromatic N) is 2. The Balaban J connectivity index is 1.70. The van der Waals surface area contributed by atoms with E-state index in [1.807, 2.05) is 38.1 Å². The van der Waals surface area contributed by atoms with Crippen molar-refractivity contribution < 1.29 is 9.18 Å². The van der Waals surface area contributed by atoms with Crippen LogP contribution in [0.4, 0.5) is 4.39 Å². The fourth-order valence-electron chi connectivity index (χ4n) is 2.54. The van der Waals surface area contributed by atoms with Crippen LogP contribution in [0.2, 0.25) is 0 Å². The van der Waals surface area contributed by atoms with E-state index in [0.717, 1.165) is 11.1 Å². The van der Waals surface area contributed by atoms with Gasteiger partial charge in [0.2, 0.25) is 0 Å². The molecular formula is C19H19FN2OS. The van der Waals surface area contributed by atoms with E-state index in [1.165, 1.54) is 29.5 Å². The highest BCUT2D eigenvalue weighted by molar-refractivity contribution is 8.13. The highest BCUT2D eigenvalue weighted by Gasteiger charge is 2.25. The molecule has 1 amide bonds. The van der Waals surface area contributed by atoms with Crippen LogP contribution in [0.5, 0.6) is 0 Å². The van der Waals surface area contributed by atoms with Crippen LogP contribution in [0.3, 0.4) is 0 Å². The molecule has 2 aromatic rings. The summed E-state index contributed by atoms with van der Waals surface area (Å²) in [7, 11) is 0. The van der Waals surface area contributed by atoms with Crippen molar-refractivity contribution >= 4 is 22.8 Å². The summed E-state index contributed by atoms with van der Waals surface area (Å²) < 4.78 is 13.3. The van der Waals surface area contributed by atoms with E-state index < -0.39 is 0 Å². The van der Waals surface area contributed by atoms with Crippen molar-refractivity contribution in [2.75, 3.05) is 13.1 Å². The molecule has 0 saturated heterocycles. The molecule has 24 heavy (non-hydrogen) atoms. The first-order valence-corrected chi connectivity index (χ1v) is 8.84. The number of carbonyl (C=O) groups excluding carboxylic acids is 1. The summed E-state index contributed by atoms with van der Waals surface area (Å²) in [4.78, 5) is 18.9. The van der Waals surface area contributed by atoms with E-state index in [1.54, 1.807) is 11.0 Å². The second-order valence-corrected chi connectivity index (χ2v) is 6.78. The fourth-order valence-corrected chi connectivity index (χ4v) is 3.53. The van der Waals surface area contributed by atoms with Gasteiger partial charge in [0, 0.05) is 17.9 Å². The number of carbonyl (C=O) groups is 1. The second kappa shape index (κ2) is 7.18. The third-order valence-corrected chi connectivity index (χ3v) is 5.14. The molecule has 0 fully saturated rings. The molecule has 3 rings (SSSR count). The molecule has 0 aromatic heterocycles. The lowest BCUT2D eigenvalue weighted by Crippen LogP contribution is -2.32. The molecule has 5 heteroatoms. The zero-order chi connectivity index (χ0) is 17.1. The van der Waals surface area contributed by atoms with Gasteiger partial charge in [0.15, 0.2) is 5.17 Å². The first kappa shape index (κ1) is 16.7. The summed E-state index contributed by atoms with van der Waals surface area (Å²) in [6.07, 6.45) is 0. The molecule has 1 aliphatic heterocycles. The summed E-state index contributed by atoms with van der Waals surface area (Å²) in [5, 5.41) is 0.711. The van der Waals surface area contributed by atoms with Crippen LogP contribution in [-0.4, -0.2) is 29.1 Å². The van der Waals surface area contributed by atoms with E-state index in [-0.39, 0.29) is 11.7 Å². The zero-order valence-corrected chi connectivity index (χ0v) is 14.6. The molecule has 1 heterocycles. The van der Waals surface area contributed by atoms with Crippen LogP contribution >= 0.6 is 11.8 Å². The van der Waals surface area contributed by atoms with Gasteiger partial charge < -0.3 is 0 Å². The van der Waals surface area contributed by atoms with Crippen LogP contribution in [0.15, 0.2) is 47.5 Å². The highest BCUT2D eigenvalue weighted by Crippen LogP contribution is 2.22. The molecule has 0 unspecified atom stereocenters. The molecule has 0 radical (unpaired) electrons. The number of halogens is 1. The predicted molar refractivity (Wildman–Crippen MR) is 96.9 cm³/mol. The number of aliphatic imine (C=N–C) groups is 1. The van der Waals surface area contributed by atoms with Crippen molar-refractivity contribution in [3.63, 3.8) is 0 Å². The van der Waals surface area contributed by atoms with Gasteiger partial charge in [-0.15, -0.1) is 0 Å². The molecule has 0 saturated carbocycles. The van der Waals surface area contributed by atoms with Gasteiger partial charge in [-0.1, -0.05) is 30.0 Å². The number of hydrogen-bond acceptors (Lipinski definition) is 3. The lowest BCUT2D eigenvalue weighted by atomic mass is 10.1. The van der Waals surface area contributed by atoms with E-state index in [2.05, 4.69) is 4.99 Å². The monoisotopic (exact) mass is 342 g/mol. The van der Waals surface area contributed by atoms with Crippen molar-refractivity contribution in [3.8, 4) is 0 Å². The molecular weight excluding hydrogens is 323 g/mol. The Morgan fingerprint density at radius 3 is 2.79 bits per heavy atom. The normalized spacial score (nSPS) is 14.0. The highest BCUT2D eigenvalue weighted by atomic mass is 32.2. The minimum Gasteiger partial charge on any atom is -0.286 e. The van der Waals surface area contributed by atoms with Gasteiger partial charge in [-0.3, -0.25) is 14.7 Å². The SMILES string of the molecule is Cc1ccc(C(=O)N2CCN=C2SCc2cccc(F)c2)cc1C. The third kappa shape index (κ3) is 3.67. The smallest absolute Gasteiger partial charge is 0.259 e. The molecule has 1 aliphatic rings. The number of amides is 1. The van der Waals surface area contributed by atoms with Crippen LogP contribution < -0.4 is 0 Å². The van der Waals surface area contributed by atoms with Crippen LogP contribution in [-0.2, 0) is 5.75 Å². The minimum atomic E-state index is -0.246. The maximum absolute atomic E-state index is 13.3. The van der Waals surface area contributed by atoms with Gasteiger partial charge >= 0.3 is 0 Å². The Hall–Kier alpha value is -2.14. The third-order valence-electron chi connectivity index (χ3n) is 4.06. The predicted octanol–water partition coefficient (Wildman–Crippen LogP) is 4.19. The van der Waals surface area contributed by atoms with E-state index in [0.29, 0.717) is 29.6 Å². The number of rotatable bonds is 3. The Kier molecular flexibility index (Phi) is 5.00. The van der Waals surface area contributed by atoms with Crippen LogP contribution in [0.1, 0.15) is 27.0 Å². The molecule has 0 N–H and O–H groups in total. The van der Waals surface area contributed by atoms with Gasteiger partial charge in [-0.2, -0.15) is 0 Å². The summed E-state index contributed by atoms with van der Waals surface area (Å²) in [6, 6.07) is 12.3. The minimum absolute atomic E-state index is 0.0268. The lowest BCUT2D eigenvalue weighted by molar-refractivity contribution is 0.0860. The van der Waals surface area contributed by atoms with E-state index >= 15 is 0 Å². The van der Waals surface area contributed by atoms with Crippen molar-refractivity contribution in [3.05, 3.63) is 70.5 Å². The number of aryl methyl sites for hydroxylation is 2. The topological polar surface area (TPSA) is 32.7 Å². The van der Waals surface area contributed by atoms with Crippen molar-refractivity contribution in [2.24, 2.45) is 4.99 Å². The van der Waals surface area contributed by atoms with Crippen LogP contribution in [0, 0.1) is 19.7 Å². The quantitative estimate of drug-likeness (QED) is 0.838. The lowest BCUT2D eigenvalue weighted by Gasteiger charge is -2.18. The summed E-state index contributed by atoms with van der Waals surface area (Å²) >= 11 is 1.47. The maximum Gasteiger partial charge on any atom is 0.259 e. The van der Waals surface area contributed by atoms with Crippen molar-refractivity contribution in [1.82, 2.24) is 4.90 Å². The second-order valence-electron chi connectivity index (χ2n) is 5.84. The summed E-state index contributed by atoms with van der Waals surface area (Å²) in [6.45, 7) is 5.24. The molecule has 0 spiro atoms. The average molecular weight is 342 g/mol. The van der Waals surface area contributed by atoms with Crippen LogP contribution in [0.25, 0.3) is 0 Å². The largest absolute Gasteiger partial charge is 0.286 e. The Morgan fingerprint density at radius 2 is 2.04 bits per heavy atom. The maximum atomic E-state index is 13.3. The van der Waals surface area contributed by atoms with Gasteiger partial charge in [0.1, 0.15) is 5.82 Å². The van der Waals surface area contributed by atoms with Crippen molar-refractivity contribution in [2.45, 2.75) is 19.6 Å². The Bertz CT molecular complexity index is 804. The molecule has 2 aromatic carbocycles. The first-order chi connectivity index (χ1) is 11.5. The number of hydrogen-bond donors (Lipinski definition) is 0. The molecule has 3 nitrogen and oxygen atoms in total. The molecule has 124 valence electrons. The summed E-state index contributed by atoms with van der Waals surface area (Å²) in [5.74, 6) is 0.318. The Labute approximate surface area is 145 Å². The van der Waals surface area contributed by atoms with Gasteiger partial charge in [-0.25, -0.2) is 4.39 Å².